The van der Waals surface area contributed by atoms with Crippen LogP contribution in [0.3, 0.4) is 0 Å². The molecule has 2 unspecified atom stereocenters. The number of hydrogen-bond acceptors (Lipinski definition) is 5. The Morgan fingerprint density at radius 3 is 2.70 bits per heavy atom. The molecule has 4 rings (SSSR count). The minimum Gasteiger partial charge on any atom is -0.447 e. The number of aliphatic hydroxyl groups excluding tert-OH is 1. The van der Waals surface area contributed by atoms with Gasteiger partial charge in [0, 0.05) is 11.1 Å². The van der Waals surface area contributed by atoms with E-state index in [1.54, 1.807) is 19.1 Å². The molecule has 2 heterocycles. The summed E-state index contributed by atoms with van der Waals surface area (Å²) in [5.41, 5.74) is 3.77. The van der Waals surface area contributed by atoms with Crippen LogP contribution in [0.4, 0.5) is 4.79 Å². The largest absolute Gasteiger partial charge is 0.447 e. The molecule has 6 heteroatoms. The van der Waals surface area contributed by atoms with Crippen molar-refractivity contribution < 1.29 is 19.4 Å². The van der Waals surface area contributed by atoms with E-state index < -0.39 is 30.1 Å². The van der Waals surface area contributed by atoms with E-state index in [1.807, 2.05) is 60.7 Å². The van der Waals surface area contributed by atoms with Gasteiger partial charge in [-0.05, 0) is 43.0 Å². The van der Waals surface area contributed by atoms with Crippen LogP contribution in [0.15, 0.2) is 66.7 Å². The highest BCUT2D eigenvalue weighted by Gasteiger charge is 2.41. The third kappa shape index (κ3) is 5.12. The summed E-state index contributed by atoms with van der Waals surface area (Å²) >= 11 is 0. The molecule has 33 heavy (non-hydrogen) atoms. The summed E-state index contributed by atoms with van der Waals surface area (Å²) in [5.74, 6) is -1.34. The summed E-state index contributed by atoms with van der Waals surface area (Å²) in [5, 5.41) is 11.4. The highest BCUT2D eigenvalue weighted by Crippen LogP contribution is 2.23. The maximum absolute atomic E-state index is 13.3. The summed E-state index contributed by atoms with van der Waals surface area (Å²) in [6.45, 7) is 3.76. The summed E-state index contributed by atoms with van der Waals surface area (Å²) in [4.78, 5) is 31.5. The molecular formula is C27H28N2O4. The maximum Gasteiger partial charge on any atom is 0.417 e. The van der Waals surface area contributed by atoms with Crippen LogP contribution in [-0.2, 0) is 22.4 Å². The normalized spacial score (nSPS) is 18.0. The minimum atomic E-state index is -0.968. The van der Waals surface area contributed by atoms with E-state index in [4.69, 9.17) is 4.74 Å². The molecule has 1 N–H and O–H groups in total. The topological polar surface area (TPSA) is 79.7 Å². The standard InChI is InChI=1S/C27H28N2O4/c1-3-22-13-12-21-11-9-20(16-25(21)28-22)10-14-24(18(2)30)26(31)29-23(17-33-27(29)32)15-19-7-5-4-6-8-19/h4-14,16,18,23-24,30H,3,15,17H2,1-2H3/b14-10+/t18?,23?,24-/m1/s1. The van der Waals surface area contributed by atoms with Gasteiger partial charge in [-0.3, -0.25) is 9.78 Å². The van der Waals surface area contributed by atoms with Gasteiger partial charge in [0.15, 0.2) is 0 Å². The predicted octanol–water partition coefficient (Wildman–Crippen LogP) is 4.40. The van der Waals surface area contributed by atoms with Crippen molar-refractivity contribution in [2.45, 2.75) is 38.8 Å². The molecule has 1 saturated heterocycles. The number of imide groups is 1. The number of fused-ring (bicyclic) bond motifs is 1. The van der Waals surface area contributed by atoms with E-state index in [0.29, 0.717) is 6.42 Å². The van der Waals surface area contributed by atoms with E-state index in [1.165, 1.54) is 0 Å². The van der Waals surface area contributed by atoms with Gasteiger partial charge >= 0.3 is 6.09 Å². The zero-order valence-electron chi connectivity index (χ0n) is 18.8. The monoisotopic (exact) mass is 444 g/mol. The highest BCUT2D eigenvalue weighted by atomic mass is 16.6. The Bertz CT molecular complexity index is 1170. The van der Waals surface area contributed by atoms with Gasteiger partial charge in [-0.15, -0.1) is 0 Å². The van der Waals surface area contributed by atoms with Gasteiger partial charge < -0.3 is 9.84 Å². The van der Waals surface area contributed by atoms with Crippen LogP contribution in [0, 0.1) is 5.92 Å². The number of amides is 2. The second-order valence-electron chi connectivity index (χ2n) is 8.36. The molecule has 0 saturated carbocycles. The molecule has 1 aliphatic rings. The molecule has 0 radical (unpaired) electrons. The second kappa shape index (κ2) is 9.96. The first-order chi connectivity index (χ1) is 16.0. The van der Waals surface area contributed by atoms with Crippen LogP contribution in [-0.4, -0.2) is 45.7 Å². The van der Waals surface area contributed by atoms with Gasteiger partial charge in [0.2, 0.25) is 5.91 Å². The Morgan fingerprint density at radius 1 is 1.21 bits per heavy atom. The van der Waals surface area contributed by atoms with E-state index in [-0.39, 0.29) is 6.61 Å². The van der Waals surface area contributed by atoms with Crippen molar-refractivity contribution >= 4 is 29.0 Å². The smallest absolute Gasteiger partial charge is 0.417 e. The zero-order chi connectivity index (χ0) is 23.4. The lowest BCUT2D eigenvalue weighted by molar-refractivity contribution is -0.134. The van der Waals surface area contributed by atoms with Crippen LogP contribution in [0.5, 0.6) is 0 Å². The number of carbonyl (C=O) groups excluding carboxylic acids is 2. The van der Waals surface area contributed by atoms with Crippen molar-refractivity contribution in [3.05, 3.63) is 83.6 Å². The Balaban J connectivity index is 1.56. The molecule has 6 nitrogen and oxygen atoms in total. The number of aromatic nitrogens is 1. The molecule has 170 valence electrons. The Labute approximate surface area is 193 Å². The Hall–Kier alpha value is -3.51. The summed E-state index contributed by atoms with van der Waals surface area (Å²) in [7, 11) is 0. The van der Waals surface area contributed by atoms with Gasteiger partial charge in [-0.1, -0.05) is 67.6 Å². The molecular weight excluding hydrogens is 416 g/mol. The number of benzene rings is 2. The molecule has 1 aromatic heterocycles. The molecule has 3 aromatic rings. The SMILES string of the molecule is CCc1ccc2ccc(/C=C/[C@@H](C(=O)N3C(=O)OCC3Cc3ccccc3)C(C)O)cc2n1. The predicted molar refractivity (Wildman–Crippen MR) is 127 cm³/mol. The van der Waals surface area contributed by atoms with Crippen molar-refractivity contribution in [2.75, 3.05) is 6.61 Å². The number of carbonyl (C=O) groups is 2. The van der Waals surface area contributed by atoms with E-state index in [9.17, 15) is 14.7 Å². The molecule has 2 aromatic carbocycles. The molecule has 1 aliphatic heterocycles. The summed E-state index contributed by atoms with van der Waals surface area (Å²) in [6, 6.07) is 19.2. The number of aryl methyl sites for hydroxylation is 1. The zero-order valence-corrected chi connectivity index (χ0v) is 18.8. The first-order valence-corrected chi connectivity index (χ1v) is 11.3. The van der Waals surface area contributed by atoms with Crippen molar-refractivity contribution in [3.63, 3.8) is 0 Å². The molecule has 3 atom stereocenters. The van der Waals surface area contributed by atoms with Crippen LogP contribution >= 0.6 is 0 Å². The molecule has 2 amide bonds. The van der Waals surface area contributed by atoms with Crippen LogP contribution in [0.1, 0.15) is 30.7 Å². The number of rotatable bonds is 7. The van der Waals surface area contributed by atoms with Gasteiger partial charge in [-0.25, -0.2) is 9.69 Å². The quantitative estimate of drug-likeness (QED) is 0.584. The molecule has 0 bridgehead atoms. The van der Waals surface area contributed by atoms with Crippen molar-refractivity contribution in [2.24, 2.45) is 5.92 Å². The lowest BCUT2D eigenvalue weighted by Crippen LogP contribution is -2.45. The minimum absolute atomic E-state index is 0.145. The van der Waals surface area contributed by atoms with Crippen LogP contribution in [0.25, 0.3) is 17.0 Å². The average molecular weight is 445 g/mol. The number of aliphatic hydroxyl groups is 1. The van der Waals surface area contributed by atoms with Gasteiger partial charge in [0.05, 0.1) is 23.6 Å². The van der Waals surface area contributed by atoms with Crippen molar-refractivity contribution in [3.8, 4) is 0 Å². The number of cyclic esters (lactones) is 1. The number of hydrogen-bond donors (Lipinski definition) is 1. The number of ether oxygens (including phenoxy) is 1. The van der Waals surface area contributed by atoms with Crippen molar-refractivity contribution in [1.29, 1.82) is 0 Å². The number of pyridine rings is 1. The third-order valence-electron chi connectivity index (χ3n) is 5.95. The fraction of sp³-hybridized carbons (Fsp3) is 0.296. The molecule has 0 spiro atoms. The second-order valence-corrected chi connectivity index (χ2v) is 8.36. The third-order valence-corrected chi connectivity index (χ3v) is 5.95. The maximum atomic E-state index is 13.3. The van der Waals surface area contributed by atoms with Gasteiger partial charge in [0.25, 0.3) is 0 Å². The van der Waals surface area contributed by atoms with E-state index >= 15 is 0 Å². The summed E-state index contributed by atoms with van der Waals surface area (Å²) < 4.78 is 5.19. The average Bonchev–Trinajstić information content (AvgIpc) is 3.18. The molecule has 0 aliphatic carbocycles. The fourth-order valence-electron chi connectivity index (χ4n) is 4.07. The first kappa shape index (κ1) is 22.7. The van der Waals surface area contributed by atoms with Gasteiger partial charge in [-0.2, -0.15) is 0 Å². The highest BCUT2D eigenvalue weighted by molar-refractivity contribution is 5.96. The van der Waals surface area contributed by atoms with E-state index in [0.717, 1.165) is 39.0 Å². The lowest BCUT2D eigenvalue weighted by atomic mass is 9.98. The first-order valence-electron chi connectivity index (χ1n) is 11.3. The molecule has 1 fully saturated rings. The number of nitrogens with zero attached hydrogens (tertiary/aromatic N) is 2. The van der Waals surface area contributed by atoms with Crippen LogP contribution in [0.2, 0.25) is 0 Å². The Morgan fingerprint density at radius 2 is 1.97 bits per heavy atom. The fourth-order valence-corrected chi connectivity index (χ4v) is 4.07. The van der Waals surface area contributed by atoms with E-state index in [2.05, 4.69) is 11.9 Å². The van der Waals surface area contributed by atoms with Crippen LogP contribution < -0.4 is 0 Å². The summed E-state index contributed by atoms with van der Waals surface area (Å²) in [6.07, 6.45) is 3.17. The van der Waals surface area contributed by atoms with Gasteiger partial charge in [0.1, 0.15) is 6.61 Å². The lowest BCUT2D eigenvalue weighted by Gasteiger charge is -2.25. The Kier molecular flexibility index (Phi) is 6.84. The van der Waals surface area contributed by atoms with Crippen molar-refractivity contribution in [1.82, 2.24) is 9.88 Å².